The fourth-order valence-corrected chi connectivity index (χ4v) is 3.04. The number of alkyl halides is 2. The molecule has 2 atom stereocenters. The molecule has 0 N–H and O–H groups in total. The molecule has 0 spiro atoms. The fourth-order valence-electron chi connectivity index (χ4n) is 2.50. The van der Waals surface area contributed by atoms with Gasteiger partial charge < -0.3 is 4.74 Å². The van der Waals surface area contributed by atoms with Crippen LogP contribution in [-0.2, 0) is 11.2 Å². The van der Waals surface area contributed by atoms with Crippen molar-refractivity contribution in [1.29, 1.82) is 0 Å². The van der Waals surface area contributed by atoms with E-state index < -0.39 is 10.6 Å². The van der Waals surface area contributed by atoms with Gasteiger partial charge in [-0.3, -0.25) is 0 Å². The first-order valence-electron chi connectivity index (χ1n) is 6.27. The average Bonchev–Trinajstić information content (AvgIpc) is 2.35. The van der Waals surface area contributed by atoms with Gasteiger partial charge in [-0.05, 0) is 41.0 Å². The van der Waals surface area contributed by atoms with Crippen molar-refractivity contribution in [3.63, 3.8) is 0 Å². The monoisotopic (exact) mass is 292 g/mol. The molecular weight excluding hydrogens is 279 g/mol. The molecule has 0 bridgehead atoms. The Morgan fingerprint density at radius 2 is 1.89 bits per heavy atom. The predicted octanol–water partition coefficient (Wildman–Crippen LogP) is 4.95. The largest absolute Gasteiger partial charge is 0.337 e. The molecule has 3 rings (SSSR count). The highest BCUT2D eigenvalue weighted by atomic mass is 35.5. The number of fused-ring (bicyclic) bond motifs is 2. The third-order valence-electron chi connectivity index (χ3n) is 3.31. The molecule has 2 aromatic rings. The molecule has 2 unspecified atom stereocenters. The van der Waals surface area contributed by atoms with Crippen LogP contribution in [-0.4, -0.2) is 10.6 Å². The van der Waals surface area contributed by atoms with Gasteiger partial charge in [0.1, 0.15) is 5.56 Å². The van der Waals surface area contributed by atoms with Crippen LogP contribution >= 0.6 is 23.2 Å². The zero-order valence-electron chi connectivity index (χ0n) is 10.6. The van der Waals surface area contributed by atoms with Gasteiger partial charge in [0.15, 0.2) is 5.06 Å². The van der Waals surface area contributed by atoms with Crippen LogP contribution in [0.3, 0.4) is 0 Å². The first-order chi connectivity index (χ1) is 9.06. The Morgan fingerprint density at radius 3 is 2.58 bits per heavy atom. The quantitative estimate of drug-likeness (QED) is 0.712. The molecule has 0 aliphatic heterocycles. The van der Waals surface area contributed by atoms with Crippen LogP contribution in [0.4, 0.5) is 0 Å². The van der Waals surface area contributed by atoms with E-state index in [-0.39, 0.29) is 0 Å². The van der Waals surface area contributed by atoms with E-state index in [2.05, 4.69) is 24.3 Å². The van der Waals surface area contributed by atoms with Gasteiger partial charge in [0.05, 0.1) is 0 Å². The van der Waals surface area contributed by atoms with Crippen LogP contribution in [0.2, 0.25) is 0 Å². The van der Waals surface area contributed by atoms with E-state index in [9.17, 15) is 0 Å². The van der Waals surface area contributed by atoms with Gasteiger partial charge in [-0.1, -0.05) is 59.6 Å². The van der Waals surface area contributed by atoms with Crippen molar-refractivity contribution in [1.82, 2.24) is 0 Å². The predicted molar refractivity (Wildman–Crippen MR) is 81.7 cm³/mol. The molecule has 1 aliphatic rings. The summed E-state index contributed by atoms with van der Waals surface area (Å²) in [5.74, 6) is 0. The van der Waals surface area contributed by atoms with Crippen LogP contribution in [0, 0.1) is 0 Å². The molecule has 1 nitrogen and oxygen atoms in total. The summed E-state index contributed by atoms with van der Waals surface area (Å²) >= 11 is 12.3. The molecule has 0 amide bonds. The number of rotatable bonds is 2. The van der Waals surface area contributed by atoms with Gasteiger partial charge in [0.25, 0.3) is 0 Å². The summed E-state index contributed by atoms with van der Waals surface area (Å²) in [6, 6.07) is 12.7. The smallest absolute Gasteiger partial charge is 0.166 e. The van der Waals surface area contributed by atoms with E-state index in [0.717, 1.165) is 0 Å². The van der Waals surface area contributed by atoms with Crippen molar-refractivity contribution in [3.8, 4) is 0 Å². The van der Waals surface area contributed by atoms with Crippen LogP contribution < -0.4 is 0 Å². The average molecular weight is 293 g/mol. The second-order valence-electron chi connectivity index (χ2n) is 4.86. The molecule has 0 saturated heterocycles. The van der Waals surface area contributed by atoms with Gasteiger partial charge in [0.2, 0.25) is 0 Å². The Labute approximate surface area is 122 Å². The minimum absolute atomic E-state index is 0.413. The molecule has 0 fully saturated rings. The summed E-state index contributed by atoms with van der Waals surface area (Å²) in [6.45, 7) is 1.77. The Balaban J connectivity index is 2.03. The van der Waals surface area contributed by atoms with Crippen LogP contribution in [0.5, 0.6) is 0 Å². The molecule has 2 aromatic carbocycles. The number of ether oxygens (including phenoxy) is 1. The minimum Gasteiger partial charge on any atom is -0.337 e. The van der Waals surface area contributed by atoms with Crippen molar-refractivity contribution in [2.24, 2.45) is 0 Å². The lowest BCUT2D eigenvalue weighted by Crippen LogP contribution is -2.30. The first kappa shape index (κ1) is 13.0. The number of hydrogen-bond donors (Lipinski definition) is 0. The zero-order chi connectivity index (χ0) is 13.5. The topological polar surface area (TPSA) is 9.23 Å². The van der Waals surface area contributed by atoms with Crippen LogP contribution in [0.15, 0.2) is 42.5 Å². The van der Waals surface area contributed by atoms with E-state index >= 15 is 0 Å². The van der Waals surface area contributed by atoms with Gasteiger partial charge >= 0.3 is 0 Å². The third-order valence-corrected chi connectivity index (χ3v) is 3.75. The summed E-state index contributed by atoms with van der Waals surface area (Å²) < 4.78 is 5.59. The lowest BCUT2D eigenvalue weighted by atomic mass is 9.92. The number of halogens is 2. The summed E-state index contributed by atoms with van der Waals surface area (Å²) in [4.78, 5) is 0. The van der Waals surface area contributed by atoms with Crippen LogP contribution in [0.1, 0.15) is 18.1 Å². The SMILES string of the molecule is CC(Cl)OC1(Cl)C=Cc2cc3ccccc3cc2C1. The lowest BCUT2D eigenvalue weighted by Gasteiger charge is -2.29. The number of hydrogen-bond acceptors (Lipinski definition) is 1. The molecule has 0 radical (unpaired) electrons. The minimum atomic E-state index is -0.837. The van der Waals surface area contributed by atoms with Gasteiger partial charge in [-0.15, -0.1) is 0 Å². The Hall–Kier alpha value is -1.02. The van der Waals surface area contributed by atoms with E-state index in [1.165, 1.54) is 21.9 Å². The molecule has 3 heteroatoms. The normalized spacial score (nSPS) is 23.3. The van der Waals surface area contributed by atoms with Crippen molar-refractivity contribution < 1.29 is 4.74 Å². The standard InChI is InChI=1S/C16H14Cl2O/c1-11(17)19-16(18)7-6-14-8-12-4-2-3-5-13(12)9-15(14)10-16/h2-9,11H,10H2,1H3. The molecule has 19 heavy (non-hydrogen) atoms. The molecule has 0 saturated carbocycles. The Bertz CT molecular complexity index is 648. The van der Waals surface area contributed by atoms with E-state index in [1.807, 2.05) is 24.3 Å². The second kappa shape index (κ2) is 4.82. The fraction of sp³-hybridized carbons (Fsp3) is 0.250. The highest BCUT2D eigenvalue weighted by Gasteiger charge is 2.31. The maximum atomic E-state index is 6.46. The lowest BCUT2D eigenvalue weighted by molar-refractivity contribution is 0.0401. The zero-order valence-corrected chi connectivity index (χ0v) is 12.1. The Morgan fingerprint density at radius 1 is 1.21 bits per heavy atom. The van der Waals surface area contributed by atoms with E-state index in [0.29, 0.717) is 6.42 Å². The molecule has 98 valence electrons. The van der Waals surface area contributed by atoms with Crippen molar-refractivity contribution in [2.75, 3.05) is 0 Å². The maximum Gasteiger partial charge on any atom is 0.166 e. The van der Waals surface area contributed by atoms with Gasteiger partial charge in [-0.25, -0.2) is 0 Å². The van der Waals surface area contributed by atoms with Crippen molar-refractivity contribution >= 4 is 40.1 Å². The molecule has 0 aromatic heterocycles. The molecular formula is C16H14Cl2O. The van der Waals surface area contributed by atoms with Crippen molar-refractivity contribution in [3.05, 3.63) is 53.6 Å². The maximum absolute atomic E-state index is 6.46. The summed E-state index contributed by atoms with van der Waals surface area (Å²) in [5, 5.41) is 1.62. The summed E-state index contributed by atoms with van der Waals surface area (Å²) in [5.41, 5.74) is 1.97. The third kappa shape index (κ3) is 2.64. The number of benzene rings is 2. The van der Waals surface area contributed by atoms with Crippen molar-refractivity contribution in [2.45, 2.75) is 24.0 Å². The first-order valence-corrected chi connectivity index (χ1v) is 7.09. The van der Waals surface area contributed by atoms with Crippen LogP contribution in [0.25, 0.3) is 16.8 Å². The van der Waals surface area contributed by atoms with E-state index in [4.69, 9.17) is 27.9 Å². The van der Waals surface area contributed by atoms with Gasteiger partial charge in [0, 0.05) is 6.42 Å². The molecule has 1 aliphatic carbocycles. The second-order valence-corrected chi connectivity index (χ2v) is 6.11. The summed E-state index contributed by atoms with van der Waals surface area (Å²) in [7, 11) is 0. The van der Waals surface area contributed by atoms with E-state index in [1.54, 1.807) is 6.92 Å². The highest BCUT2D eigenvalue weighted by Crippen LogP contribution is 2.35. The molecule has 0 heterocycles. The Kier molecular flexibility index (Phi) is 3.30. The highest BCUT2D eigenvalue weighted by molar-refractivity contribution is 6.25. The summed E-state index contributed by atoms with van der Waals surface area (Å²) in [6.07, 6.45) is 4.52. The van der Waals surface area contributed by atoms with Gasteiger partial charge in [-0.2, -0.15) is 0 Å².